The number of halogens is 2. The number of carbonyl (C=O) groups is 2. The number of hydrogen-bond donors (Lipinski definition) is 0. The summed E-state index contributed by atoms with van der Waals surface area (Å²) in [6.45, 7) is 7.17. The first-order chi connectivity index (χ1) is 20.2. The standard InChI is InChI=1S/C31H36ClFN6O3/c1-21(33)30(41)38-15-13-37(14-16-38)29-24-10-12-39(27-9-5-7-23-6-4-8-25(32)28(23)27)19-26(24)34-31(35-29)42-20-22(11-17-40)18-36(2)3/h4-9,17,22H,1,10-16,18-20H2,2-3H3. The molecule has 3 aromatic rings. The van der Waals surface area contributed by atoms with Crippen molar-refractivity contribution in [3.8, 4) is 6.01 Å². The maximum absolute atomic E-state index is 13.5. The van der Waals surface area contributed by atoms with Gasteiger partial charge < -0.3 is 29.1 Å². The summed E-state index contributed by atoms with van der Waals surface area (Å²) in [5.41, 5.74) is 2.94. The largest absolute Gasteiger partial charge is 0.463 e. The molecular weight excluding hydrogens is 559 g/mol. The summed E-state index contributed by atoms with van der Waals surface area (Å²) in [5.74, 6) is -0.848. The first kappa shape index (κ1) is 29.7. The van der Waals surface area contributed by atoms with Gasteiger partial charge in [0.05, 0.1) is 23.9 Å². The lowest BCUT2D eigenvalue weighted by Crippen LogP contribution is -2.49. The number of ether oxygens (including phenoxy) is 1. The van der Waals surface area contributed by atoms with Gasteiger partial charge in [-0.3, -0.25) is 4.79 Å². The first-order valence-corrected chi connectivity index (χ1v) is 14.5. The van der Waals surface area contributed by atoms with Gasteiger partial charge >= 0.3 is 6.01 Å². The van der Waals surface area contributed by atoms with Gasteiger partial charge in [0, 0.05) is 68.2 Å². The Balaban J connectivity index is 1.45. The van der Waals surface area contributed by atoms with Gasteiger partial charge in [-0.1, -0.05) is 42.4 Å². The minimum Gasteiger partial charge on any atom is -0.463 e. The Bertz CT molecular complexity index is 1470. The lowest BCUT2D eigenvalue weighted by molar-refractivity contribution is -0.128. The third kappa shape index (κ3) is 6.50. The molecule has 2 aliphatic heterocycles. The van der Waals surface area contributed by atoms with Crippen LogP contribution in [0, 0.1) is 5.92 Å². The quantitative estimate of drug-likeness (QED) is 0.256. The molecule has 0 bridgehead atoms. The van der Waals surface area contributed by atoms with E-state index in [2.05, 4.69) is 34.6 Å². The molecule has 0 N–H and O–H groups in total. The fourth-order valence-electron chi connectivity index (χ4n) is 5.79. The van der Waals surface area contributed by atoms with Gasteiger partial charge in [-0.05, 0) is 38.0 Å². The smallest absolute Gasteiger partial charge is 0.318 e. The summed E-state index contributed by atoms with van der Waals surface area (Å²) in [7, 11) is 3.92. The van der Waals surface area contributed by atoms with Crippen LogP contribution in [0.3, 0.4) is 0 Å². The number of piperazine rings is 1. The van der Waals surface area contributed by atoms with E-state index < -0.39 is 11.7 Å². The molecule has 1 unspecified atom stereocenters. The SMILES string of the molecule is C=C(F)C(=O)N1CCN(c2nc(OCC(CC=O)CN(C)C)nc3c2CCN(c2cccc4cccc(Cl)c24)C3)CC1. The number of hydrogen-bond acceptors (Lipinski definition) is 8. The van der Waals surface area contributed by atoms with Crippen molar-refractivity contribution in [2.45, 2.75) is 19.4 Å². The fraction of sp³-hybridized carbons (Fsp3) is 0.419. The first-order valence-electron chi connectivity index (χ1n) is 14.2. The zero-order valence-electron chi connectivity index (χ0n) is 24.1. The van der Waals surface area contributed by atoms with E-state index in [1.54, 1.807) is 0 Å². The molecule has 2 aliphatic rings. The highest BCUT2D eigenvalue weighted by atomic mass is 35.5. The second kappa shape index (κ2) is 13.0. The van der Waals surface area contributed by atoms with E-state index in [1.165, 1.54) is 4.90 Å². The molecule has 0 saturated carbocycles. The molecule has 0 aliphatic carbocycles. The highest BCUT2D eigenvalue weighted by Crippen LogP contribution is 2.37. The maximum atomic E-state index is 13.5. The number of amides is 1. The van der Waals surface area contributed by atoms with Gasteiger partial charge in [-0.25, -0.2) is 4.39 Å². The number of nitrogens with zero attached hydrogens (tertiary/aromatic N) is 6. The molecule has 1 atom stereocenters. The Hall–Kier alpha value is -3.76. The van der Waals surface area contributed by atoms with Gasteiger partial charge in [0.1, 0.15) is 12.1 Å². The summed E-state index contributed by atoms with van der Waals surface area (Å²) in [5, 5.41) is 2.78. The van der Waals surface area contributed by atoms with Gasteiger partial charge in [0.2, 0.25) is 0 Å². The van der Waals surface area contributed by atoms with Crippen LogP contribution in [0.15, 0.2) is 48.8 Å². The van der Waals surface area contributed by atoms with Gasteiger partial charge in [-0.15, -0.1) is 0 Å². The van der Waals surface area contributed by atoms with E-state index in [-0.39, 0.29) is 11.9 Å². The maximum Gasteiger partial charge on any atom is 0.318 e. The van der Waals surface area contributed by atoms with Crippen molar-refractivity contribution in [3.63, 3.8) is 0 Å². The Morgan fingerprint density at radius 1 is 1.12 bits per heavy atom. The Morgan fingerprint density at radius 2 is 1.86 bits per heavy atom. The molecule has 3 heterocycles. The van der Waals surface area contributed by atoms with Crippen molar-refractivity contribution in [2.75, 3.05) is 69.8 Å². The molecule has 1 fully saturated rings. The monoisotopic (exact) mass is 594 g/mol. The lowest BCUT2D eigenvalue weighted by atomic mass is 10.0. The van der Waals surface area contributed by atoms with Crippen LogP contribution in [-0.2, 0) is 22.6 Å². The summed E-state index contributed by atoms with van der Waals surface area (Å²) in [6, 6.07) is 12.3. The van der Waals surface area contributed by atoms with Crippen LogP contribution in [0.5, 0.6) is 6.01 Å². The average Bonchev–Trinajstić information content (AvgIpc) is 2.98. The predicted molar refractivity (Wildman–Crippen MR) is 163 cm³/mol. The van der Waals surface area contributed by atoms with Crippen LogP contribution < -0.4 is 14.5 Å². The van der Waals surface area contributed by atoms with Crippen molar-refractivity contribution in [1.82, 2.24) is 19.8 Å². The van der Waals surface area contributed by atoms with Gasteiger partial charge in [0.15, 0.2) is 5.83 Å². The third-order valence-corrected chi connectivity index (χ3v) is 8.11. The van der Waals surface area contributed by atoms with Gasteiger partial charge in [-0.2, -0.15) is 9.97 Å². The number of fused-ring (bicyclic) bond motifs is 2. The molecule has 1 aromatic heterocycles. The van der Waals surface area contributed by atoms with E-state index in [0.717, 1.165) is 46.4 Å². The molecule has 0 spiro atoms. The zero-order chi connectivity index (χ0) is 29.8. The average molecular weight is 595 g/mol. The van der Waals surface area contributed by atoms with Crippen LogP contribution in [0.1, 0.15) is 17.7 Å². The summed E-state index contributed by atoms with van der Waals surface area (Å²) in [4.78, 5) is 41.0. The minimum absolute atomic E-state index is 0.00161. The van der Waals surface area contributed by atoms with Crippen LogP contribution >= 0.6 is 11.6 Å². The highest BCUT2D eigenvalue weighted by Gasteiger charge is 2.30. The topological polar surface area (TPSA) is 82.1 Å². The molecule has 1 saturated heterocycles. The van der Waals surface area contributed by atoms with Crippen LogP contribution in [0.25, 0.3) is 10.8 Å². The normalized spacial score (nSPS) is 16.0. The second-order valence-corrected chi connectivity index (χ2v) is 11.5. The molecule has 2 aromatic carbocycles. The van der Waals surface area contributed by atoms with Crippen LogP contribution in [0.2, 0.25) is 5.02 Å². The number of rotatable bonds is 10. The minimum atomic E-state index is -0.949. The molecule has 0 radical (unpaired) electrons. The Labute approximate surface area is 250 Å². The molecule has 11 heteroatoms. The molecular formula is C31H36ClFN6O3. The van der Waals surface area contributed by atoms with E-state index in [4.69, 9.17) is 26.3 Å². The van der Waals surface area contributed by atoms with Crippen LogP contribution in [0.4, 0.5) is 15.9 Å². The number of aldehydes is 1. The number of benzene rings is 2. The summed E-state index contributed by atoms with van der Waals surface area (Å²) < 4.78 is 19.6. The third-order valence-electron chi connectivity index (χ3n) is 7.79. The molecule has 9 nitrogen and oxygen atoms in total. The number of aromatic nitrogens is 2. The number of carbonyl (C=O) groups excluding carboxylic acids is 2. The van der Waals surface area contributed by atoms with Crippen molar-refractivity contribution in [3.05, 3.63) is 65.1 Å². The second-order valence-electron chi connectivity index (χ2n) is 11.1. The van der Waals surface area contributed by atoms with E-state index >= 15 is 0 Å². The zero-order valence-corrected chi connectivity index (χ0v) is 24.8. The van der Waals surface area contributed by atoms with E-state index in [9.17, 15) is 14.0 Å². The lowest BCUT2D eigenvalue weighted by Gasteiger charge is -2.38. The fourth-order valence-corrected chi connectivity index (χ4v) is 6.07. The van der Waals surface area contributed by atoms with Crippen molar-refractivity contribution < 1.29 is 18.7 Å². The number of anilines is 2. The molecule has 222 valence electrons. The van der Waals surface area contributed by atoms with Crippen molar-refractivity contribution in [2.24, 2.45) is 5.92 Å². The van der Waals surface area contributed by atoms with E-state index in [1.807, 2.05) is 37.2 Å². The summed E-state index contributed by atoms with van der Waals surface area (Å²) >= 11 is 6.66. The molecule has 42 heavy (non-hydrogen) atoms. The predicted octanol–water partition coefficient (Wildman–Crippen LogP) is 4.12. The summed E-state index contributed by atoms with van der Waals surface area (Å²) in [6.07, 6.45) is 2.00. The highest BCUT2D eigenvalue weighted by molar-refractivity contribution is 6.36. The Morgan fingerprint density at radius 3 is 2.55 bits per heavy atom. The van der Waals surface area contributed by atoms with Gasteiger partial charge in [0.25, 0.3) is 5.91 Å². The van der Waals surface area contributed by atoms with Crippen LogP contribution in [-0.4, -0.2) is 91.9 Å². The molecule has 5 rings (SSSR count). The Kier molecular flexibility index (Phi) is 9.23. The van der Waals surface area contributed by atoms with Crippen molar-refractivity contribution in [1.29, 1.82) is 0 Å². The molecule has 1 amide bonds. The van der Waals surface area contributed by atoms with E-state index in [0.29, 0.717) is 63.7 Å². The van der Waals surface area contributed by atoms with Crippen molar-refractivity contribution >= 4 is 46.1 Å².